The van der Waals surface area contributed by atoms with Crippen molar-refractivity contribution in [2.24, 2.45) is 0 Å². The molecule has 0 bridgehead atoms. The minimum atomic E-state index is -4.48. The average Bonchev–Trinajstić information content (AvgIpc) is 2.63. The molecule has 2 aromatic carbocycles. The molecule has 26 heavy (non-hydrogen) atoms. The van der Waals surface area contributed by atoms with Gasteiger partial charge in [0.2, 0.25) is 0 Å². The quantitative estimate of drug-likeness (QED) is 0.771. The van der Waals surface area contributed by atoms with Crippen LogP contribution in [0.2, 0.25) is 0 Å². The first-order valence-electron chi connectivity index (χ1n) is 7.94. The van der Waals surface area contributed by atoms with Crippen LogP contribution in [0.15, 0.2) is 70.5 Å². The lowest BCUT2D eigenvalue weighted by atomic mass is 10.0. The van der Waals surface area contributed by atoms with Gasteiger partial charge in [0.15, 0.2) is 24.4 Å². The highest BCUT2D eigenvalue weighted by Gasteiger charge is 2.58. The molecule has 0 saturated carbocycles. The maximum Gasteiger partial charge on any atom is 0.326 e. The predicted molar refractivity (Wildman–Crippen MR) is 97.4 cm³/mol. The number of sulfone groups is 2. The molecule has 0 fully saturated rings. The fourth-order valence-electron chi connectivity index (χ4n) is 3.01. The van der Waals surface area contributed by atoms with Crippen LogP contribution in [-0.2, 0) is 24.5 Å². The molecule has 0 aliphatic rings. The minimum Gasteiger partial charge on any atom is -0.480 e. The summed E-state index contributed by atoms with van der Waals surface area (Å²) in [4.78, 5) is 11.8. The maximum absolute atomic E-state index is 13.2. The average molecular weight is 396 g/mol. The summed E-state index contributed by atoms with van der Waals surface area (Å²) < 4.78 is 49.9. The lowest BCUT2D eigenvalue weighted by Crippen LogP contribution is -2.56. The number of carbonyl (C=O) groups is 1. The predicted octanol–water partition coefficient (Wildman–Crippen LogP) is 2.56. The fraction of sp³-hybridized carbons (Fsp3) is 0.278. The number of hydrogen-bond donors (Lipinski definition) is 1. The van der Waals surface area contributed by atoms with Crippen molar-refractivity contribution < 1.29 is 26.7 Å². The molecule has 1 N–H and O–H groups in total. The number of carboxylic acid groups (broad SMARTS) is 1. The van der Waals surface area contributed by atoms with Gasteiger partial charge < -0.3 is 5.11 Å². The van der Waals surface area contributed by atoms with Gasteiger partial charge >= 0.3 is 5.97 Å². The molecule has 8 heteroatoms. The van der Waals surface area contributed by atoms with Crippen LogP contribution in [0, 0.1) is 0 Å². The molecule has 2 atom stereocenters. The Hall–Kier alpha value is -2.19. The molecule has 0 saturated heterocycles. The van der Waals surface area contributed by atoms with E-state index in [1.165, 1.54) is 55.5 Å². The zero-order chi connectivity index (χ0) is 19.6. The van der Waals surface area contributed by atoms with E-state index in [9.17, 15) is 26.7 Å². The largest absolute Gasteiger partial charge is 0.480 e. The highest BCUT2D eigenvalue weighted by Crippen LogP contribution is 2.38. The molecular formula is C18H20O6S2. The van der Waals surface area contributed by atoms with Gasteiger partial charge in [-0.05, 0) is 37.6 Å². The van der Waals surface area contributed by atoms with Crippen molar-refractivity contribution in [3.05, 3.63) is 60.7 Å². The van der Waals surface area contributed by atoms with E-state index in [0.29, 0.717) is 0 Å². The van der Waals surface area contributed by atoms with Crippen molar-refractivity contribution in [1.29, 1.82) is 0 Å². The van der Waals surface area contributed by atoms with Gasteiger partial charge in [-0.3, -0.25) is 4.79 Å². The van der Waals surface area contributed by atoms with Crippen molar-refractivity contribution >= 4 is 25.6 Å². The lowest BCUT2D eigenvalue weighted by Gasteiger charge is -2.33. The van der Waals surface area contributed by atoms with E-state index in [2.05, 4.69) is 0 Å². The van der Waals surface area contributed by atoms with Crippen LogP contribution in [0.4, 0.5) is 0 Å². The number of rotatable bonds is 7. The highest BCUT2D eigenvalue weighted by molar-refractivity contribution is 7.97. The Labute approximate surface area is 153 Å². The van der Waals surface area contributed by atoms with Crippen LogP contribution < -0.4 is 0 Å². The van der Waals surface area contributed by atoms with Crippen LogP contribution in [-0.4, -0.2) is 37.9 Å². The molecule has 0 amide bonds. The smallest absolute Gasteiger partial charge is 0.326 e. The normalized spacial score (nSPS) is 15.8. The summed E-state index contributed by atoms with van der Waals surface area (Å²) in [6.07, 6.45) is -0.396. The van der Waals surface area contributed by atoms with E-state index in [0.717, 1.165) is 6.92 Å². The summed E-state index contributed by atoms with van der Waals surface area (Å²) in [6.45, 7) is 2.51. The third-order valence-corrected chi connectivity index (χ3v) is 9.69. The van der Waals surface area contributed by atoms with E-state index in [4.69, 9.17) is 0 Å². The Kier molecular flexibility index (Phi) is 5.58. The number of aliphatic carboxylic acids is 1. The third-order valence-electron chi connectivity index (χ3n) is 4.61. The van der Waals surface area contributed by atoms with E-state index in [1.54, 1.807) is 12.1 Å². The second-order valence-electron chi connectivity index (χ2n) is 5.86. The van der Waals surface area contributed by atoms with E-state index >= 15 is 0 Å². The molecule has 6 nitrogen and oxygen atoms in total. The highest BCUT2D eigenvalue weighted by atomic mass is 32.2. The van der Waals surface area contributed by atoms with Crippen LogP contribution in [0.25, 0.3) is 0 Å². The lowest BCUT2D eigenvalue weighted by molar-refractivity contribution is -0.140. The first-order valence-corrected chi connectivity index (χ1v) is 11.0. The van der Waals surface area contributed by atoms with Crippen LogP contribution in [0.5, 0.6) is 0 Å². The molecule has 0 spiro atoms. The number of hydrogen-bond acceptors (Lipinski definition) is 5. The van der Waals surface area contributed by atoms with Crippen LogP contribution in [0.1, 0.15) is 20.3 Å². The fourth-order valence-corrected chi connectivity index (χ4v) is 7.47. The molecule has 2 aromatic rings. The molecule has 0 aromatic heterocycles. The van der Waals surface area contributed by atoms with Gasteiger partial charge in [-0.2, -0.15) is 0 Å². The topological polar surface area (TPSA) is 106 Å². The molecule has 0 heterocycles. The number of benzene rings is 2. The zero-order valence-electron chi connectivity index (χ0n) is 14.4. The summed E-state index contributed by atoms with van der Waals surface area (Å²) in [5.41, 5.74) is 0. The summed E-state index contributed by atoms with van der Waals surface area (Å²) in [5.74, 6) is -1.68. The van der Waals surface area contributed by atoms with Crippen molar-refractivity contribution in [2.45, 2.75) is 40.1 Å². The molecule has 0 radical (unpaired) electrons. The molecule has 2 rings (SSSR count). The molecule has 140 valence electrons. The minimum absolute atomic E-state index is 0.116. The molecule has 0 aliphatic carbocycles. The van der Waals surface area contributed by atoms with E-state index < -0.39 is 42.1 Å². The SMILES string of the molecule is CCC(C(=O)O)(C(C)S(=O)(=O)c1ccccc1)S(=O)(=O)c1ccccc1. The third kappa shape index (κ3) is 3.03. The Morgan fingerprint density at radius 1 is 0.923 bits per heavy atom. The van der Waals surface area contributed by atoms with Gasteiger partial charge in [-0.25, -0.2) is 16.8 Å². The zero-order valence-corrected chi connectivity index (χ0v) is 16.0. The van der Waals surface area contributed by atoms with Crippen LogP contribution >= 0.6 is 0 Å². The Morgan fingerprint density at radius 3 is 1.73 bits per heavy atom. The Bertz CT molecular complexity index is 982. The van der Waals surface area contributed by atoms with Crippen LogP contribution in [0.3, 0.4) is 0 Å². The summed E-state index contributed by atoms with van der Waals surface area (Å²) >= 11 is 0. The van der Waals surface area contributed by atoms with E-state index in [1.807, 2.05) is 0 Å². The van der Waals surface area contributed by atoms with Crippen molar-refractivity contribution in [3.63, 3.8) is 0 Å². The summed E-state index contributed by atoms with van der Waals surface area (Å²) in [6, 6.07) is 14.3. The van der Waals surface area contributed by atoms with Crippen molar-refractivity contribution in [3.8, 4) is 0 Å². The standard InChI is InChI=1S/C18H20O6S2/c1-3-18(17(19)20,26(23,24)16-12-8-5-9-13-16)14(2)25(21,22)15-10-6-4-7-11-15/h4-14H,3H2,1-2H3,(H,19,20). The molecule has 0 aliphatic heterocycles. The second-order valence-corrected chi connectivity index (χ2v) is 10.3. The summed E-state index contributed by atoms with van der Waals surface area (Å²) in [5, 5.41) is 8.17. The number of carboxylic acids is 1. The van der Waals surface area contributed by atoms with Gasteiger partial charge in [-0.15, -0.1) is 0 Å². The summed E-state index contributed by atoms with van der Waals surface area (Å²) in [7, 11) is -8.69. The monoisotopic (exact) mass is 396 g/mol. The first kappa shape index (κ1) is 20.1. The first-order chi connectivity index (χ1) is 12.1. The Morgan fingerprint density at radius 2 is 1.35 bits per heavy atom. The van der Waals surface area contributed by atoms with Gasteiger partial charge in [0.1, 0.15) is 0 Å². The molecule has 2 unspecified atom stereocenters. The van der Waals surface area contributed by atoms with E-state index in [-0.39, 0.29) is 9.79 Å². The van der Waals surface area contributed by atoms with Gasteiger partial charge in [0, 0.05) is 0 Å². The van der Waals surface area contributed by atoms with Crippen molar-refractivity contribution in [2.75, 3.05) is 0 Å². The second kappa shape index (κ2) is 7.20. The van der Waals surface area contributed by atoms with Gasteiger partial charge in [-0.1, -0.05) is 43.3 Å². The maximum atomic E-state index is 13.2. The van der Waals surface area contributed by atoms with Crippen molar-refractivity contribution in [1.82, 2.24) is 0 Å². The Balaban J connectivity index is 2.74. The van der Waals surface area contributed by atoms with Gasteiger partial charge in [0.25, 0.3) is 0 Å². The molecular weight excluding hydrogens is 376 g/mol. The van der Waals surface area contributed by atoms with Gasteiger partial charge in [0.05, 0.1) is 15.0 Å².